The molecular formula is C27H21Cl2N3O6. The first-order valence-corrected chi connectivity index (χ1v) is 12.0. The molecule has 3 aromatic rings. The fraction of sp³-hybridized carbons (Fsp3) is 0.111. The number of halogens is 2. The third kappa shape index (κ3) is 5.80. The number of imide groups is 2. The van der Waals surface area contributed by atoms with E-state index < -0.39 is 23.8 Å². The molecule has 4 rings (SSSR count). The van der Waals surface area contributed by atoms with Crippen LogP contribution in [0.25, 0.3) is 6.08 Å². The number of nitrogens with one attached hydrogen (secondary N) is 2. The third-order valence-electron chi connectivity index (χ3n) is 5.52. The first kappa shape index (κ1) is 26.7. The molecule has 0 bridgehead atoms. The van der Waals surface area contributed by atoms with E-state index in [0.717, 1.165) is 10.5 Å². The molecule has 0 radical (unpaired) electrons. The number of rotatable bonds is 7. The summed E-state index contributed by atoms with van der Waals surface area (Å²) >= 11 is 12.5. The highest BCUT2D eigenvalue weighted by Gasteiger charge is 2.37. The number of amides is 5. The molecule has 2 N–H and O–H groups in total. The largest absolute Gasteiger partial charge is 0.495 e. The second-order valence-electron chi connectivity index (χ2n) is 8.12. The van der Waals surface area contributed by atoms with Gasteiger partial charge in [0.1, 0.15) is 17.1 Å². The number of urea groups is 1. The van der Waals surface area contributed by atoms with Crippen LogP contribution in [0.15, 0.2) is 66.2 Å². The van der Waals surface area contributed by atoms with E-state index in [1.165, 1.54) is 31.4 Å². The lowest BCUT2D eigenvalue weighted by molar-refractivity contribution is -0.122. The van der Waals surface area contributed by atoms with Gasteiger partial charge in [-0.15, -0.1) is 0 Å². The highest BCUT2D eigenvalue weighted by molar-refractivity contribution is 6.39. The van der Waals surface area contributed by atoms with Crippen molar-refractivity contribution in [1.82, 2.24) is 5.32 Å². The Kier molecular flexibility index (Phi) is 7.99. The van der Waals surface area contributed by atoms with Crippen molar-refractivity contribution in [2.75, 3.05) is 23.9 Å². The van der Waals surface area contributed by atoms with Crippen molar-refractivity contribution in [3.63, 3.8) is 0 Å². The molecule has 194 valence electrons. The number of hydrogen-bond donors (Lipinski definition) is 2. The topological polar surface area (TPSA) is 114 Å². The number of para-hydroxylation sites is 2. The lowest BCUT2D eigenvalue weighted by Gasteiger charge is -2.26. The van der Waals surface area contributed by atoms with Crippen LogP contribution < -0.4 is 25.0 Å². The average molecular weight is 554 g/mol. The Bertz CT molecular complexity index is 1490. The van der Waals surface area contributed by atoms with E-state index in [2.05, 4.69) is 10.6 Å². The zero-order valence-corrected chi connectivity index (χ0v) is 21.7. The molecule has 0 aliphatic carbocycles. The number of aryl methyl sites for hydroxylation is 1. The lowest BCUT2D eigenvalue weighted by Crippen LogP contribution is -2.54. The normalized spacial score (nSPS) is 14.4. The van der Waals surface area contributed by atoms with Gasteiger partial charge in [-0.3, -0.25) is 19.7 Å². The van der Waals surface area contributed by atoms with Gasteiger partial charge in [-0.1, -0.05) is 47.5 Å². The number of anilines is 2. The molecule has 0 unspecified atom stereocenters. The predicted molar refractivity (Wildman–Crippen MR) is 144 cm³/mol. The van der Waals surface area contributed by atoms with E-state index in [-0.39, 0.29) is 28.6 Å². The van der Waals surface area contributed by atoms with Crippen LogP contribution in [-0.2, 0) is 14.4 Å². The summed E-state index contributed by atoms with van der Waals surface area (Å²) in [5.41, 5.74) is 1.60. The van der Waals surface area contributed by atoms with E-state index in [9.17, 15) is 19.2 Å². The van der Waals surface area contributed by atoms with E-state index in [1.54, 1.807) is 49.4 Å². The Hall–Kier alpha value is -4.34. The quantitative estimate of drug-likeness (QED) is 0.314. The van der Waals surface area contributed by atoms with E-state index in [1.807, 2.05) is 0 Å². The molecule has 3 aromatic carbocycles. The number of methoxy groups -OCH3 is 1. The molecule has 0 saturated carbocycles. The van der Waals surface area contributed by atoms with Crippen LogP contribution in [-0.4, -0.2) is 37.5 Å². The van der Waals surface area contributed by atoms with Crippen LogP contribution in [0.4, 0.5) is 16.2 Å². The van der Waals surface area contributed by atoms with Gasteiger partial charge in [0.05, 0.1) is 23.5 Å². The standard InChI is InChI=1S/C27H21Cl2N3O6/c1-15-7-9-17(13-19(15)28)32-26(35)18(25(34)31-27(32)36)11-16-8-10-22(20(29)12-16)38-14-24(33)30-21-5-3-4-6-23(21)37-2/h3-13H,14H2,1-2H3,(H,30,33)(H,31,34,36)/b18-11+. The monoisotopic (exact) mass is 553 g/mol. The number of ether oxygens (including phenoxy) is 2. The molecule has 0 spiro atoms. The lowest BCUT2D eigenvalue weighted by atomic mass is 10.1. The highest BCUT2D eigenvalue weighted by atomic mass is 35.5. The van der Waals surface area contributed by atoms with Crippen LogP contribution in [0.2, 0.25) is 10.0 Å². The van der Waals surface area contributed by atoms with Crippen LogP contribution in [0, 0.1) is 6.92 Å². The number of nitrogens with zero attached hydrogens (tertiary/aromatic N) is 1. The van der Waals surface area contributed by atoms with Gasteiger partial charge < -0.3 is 14.8 Å². The van der Waals surface area contributed by atoms with Crippen molar-refractivity contribution >= 4 is 64.4 Å². The molecule has 0 aromatic heterocycles. The molecule has 1 fully saturated rings. The first-order valence-electron chi connectivity index (χ1n) is 11.2. The molecule has 1 saturated heterocycles. The summed E-state index contributed by atoms with van der Waals surface area (Å²) in [7, 11) is 1.50. The van der Waals surface area contributed by atoms with Crippen molar-refractivity contribution in [3.05, 3.63) is 87.4 Å². The van der Waals surface area contributed by atoms with Crippen molar-refractivity contribution in [2.45, 2.75) is 6.92 Å². The first-order chi connectivity index (χ1) is 18.2. The zero-order chi connectivity index (χ0) is 27.4. The molecule has 0 atom stereocenters. The minimum atomic E-state index is -0.884. The summed E-state index contributed by atoms with van der Waals surface area (Å²) in [6.45, 7) is 1.46. The number of hydrogen-bond acceptors (Lipinski definition) is 6. The van der Waals surface area contributed by atoms with Crippen molar-refractivity contribution in [3.8, 4) is 11.5 Å². The SMILES string of the molecule is COc1ccccc1NC(=O)COc1ccc(/C=C2\C(=O)NC(=O)N(c3ccc(C)c(Cl)c3)C2=O)cc1Cl. The van der Waals surface area contributed by atoms with Crippen molar-refractivity contribution in [2.24, 2.45) is 0 Å². The molecule has 38 heavy (non-hydrogen) atoms. The van der Waals surface area contributed by atoms with Crippen LogP contribution in [0.5, 0.6) is 11.5 Å². The maximum Gasteiger partial charge on any atom is 0.335 e. The molecule has 1 heterocycles. The Morgan fingerprint density at radius 1 is 1.00 bits per heavy atom. The van der Waals surface area contributed by atoms with Crippen LogP contribution in [0.3, 0.4) is 0 Å². The second kappa shape index (κ2) is 11.4. The number of carbonyl (C=O) groups is 4. The van der Waals surface area contributed by atoms with Crippen molar-refractivity contribution in [1.29, 1.82) is 0 Å². The Morgan fingerprint density at radius 2 is 1.76 bits per heavy atom. The predicted octanol–water partition coefficient (Wildman–Crippen LogP) is 4.99. The number of carbonyl (C=O) groups excluding carboxylic acids is 4. The molecule has 1 aliphatic heterocycles. The van der Waals surface area contributed by atoms with Gasteiger partial charge in [-0.25, -0.2) is 9.69 Å². The van der Waals surface area contributed by atoms with Gasteiger partial charge in [0, 0.05) is 5.02 Å². The Balaban J connectivity index is 1.48. The summed E-state index contributed by atoms with van der Waals surface area (Å²) in [4.78, 5) is 51.1. The number of benzene rings is 3. The molecule has 5 amide bonds. The third-order valence-corrected chi connectivity index (χ3v) is 6.22. The minimum Gasteiger partial charge on any atom is -0.495 e. The van der Waals surface area contributed by atoms with E-state index >= 15 is 0 Å². The van der Waals surface area contributed by atoms with E-state index in [4.69, 9.17) is 32.7 Å². The van der Waals surface area contributed by atoms with E-state index in [0.29, 0.717) is 22.0 Å². The van der Waals surface area contributed by atoms with Gasteiger partial charge in [0.2, 0.25) is 0 Å². The zero-order valence-electron chi connectivity index (χ0n) is 20.2. The maximum atomic E-state index is 13.1. The summed E-state index contributed by atoms with van der Waals surface area (Å²) in [5, 5.41) is 5.35. The summed E-state index contributed by atoms with van der Waals surface area (Å²) < 4.78 is 10.7. The summed E-state index contributed by atoms with van der Waals surface area (Å²) in [6, 6.07) is 15.2. The molecule has 1 aliphatic rings. The van der Waals surface area contributed by atoms with Gasteiger partial charge in [-0.05, 0) is 60.5 Å². The second-order valence-corrected chi connectivity index (χ2v) is 8.93. The van der Waals surface area contributed by atoms with Gasteiger partial charge in [-0.2, -0.15) is 0 Å². The highest BCUT2D eigenvalue weighted by Crippen LogP contribution is 2.29. The fourth-order valence-corrected chi connectivity index (χ4v) is 4.00. The Labute approximate surface area is 227 Å². The maximum absolute atomic E-state index is 13.1. The van der Waals surface area contributed by atoms with Crippen LogP contribution >= 0.6 is 23.2 Å². The number of barbiturate groups is 1. The van der Waals surface area contributed by atoms with Gasteiger partial charge >= 0.3 is 6.03 Å². The molecule has 9 nitrogen and oxygen atoms in total. The fourth-order valence-electron chi connectivity index (χ4n) is 3.58. The molecule has 11 heteroatoms. The minimum absolute atomic E-state index is 0.145. The Morgan fingerprint density at radius 3 is 2.47 bits per heavy atom. The smallest absolute Gasteiger partial charge is 0.335 e. The summed E-state index contributed by atoms with van der Waals surface area (Å²) in [5.74, 6) is -1.37. The van der Waals surface area contributed by atoms with Crippen LogP contribution in [0.1, 0.15) is 11.1 Å². The summed E-state index contributed by atoms with van der Waals surface area (Å²) in [6.07, 6.45) is 1.30. The molecular weight excluding hydrogens is 533 g/mol. The van der Waals surface area contributed by atoms with Gasteiger partial charge in [0.15, 0.2) is 6.61 Å². The average Bonchev–Trinajstić information content (AvgIpc) is 2.88. The van der Waals surface area contributed by atoms with Gasteiger partial charge in [0.25, 0.3) is 17.7 Å². The van der Waals surface area contributed by atoms with Crippen molar-refractivity contribution < 1.29 is 28.7 Å².